The monoisotopic (exact) mass is 452 g/mol. The Morgan fingerprint density at radius 2 is 1.69 bits per heavy atom. The van der Waals surface area contributed by atoms with Gasteiger partial charge in [0.25, 0.3) is 5.91 Å². The number of aromatic carboxylic acids is 1. The summed E-state index contributed by atoms with van der Waals surface area (Å²) in [5.41, 5.74) is 4.74. The van der Waals surface area contributed by atoms with Gasteiger partial charge in [0.05, 0.1) is 17.3 Å². The fourth-order valence-corrected chi connectivity index (χ4v) is 2.95. The minimum atomic E-state index is -0.969. The van der Waals surface area contributed by atoms with Crippen LogP contribution in [-0.2, 0) is 6.61 Å². The molecule has 2 N–H and O–H groups in total. The van der Waals surface area contributed by atoms with Crippen LogP contribution in [0.1, 0.15) is 31.8 Å². The molecule has 146 valence electrons. The zero-order valence-corrected chi connectivity index (χ0v) is 16.8. The van der Waals surface area contributed by atoms with Gasteiger partial charge in [-0.1, -0.05) is 36.4 Å². The lowest BCUT2D eigenvalue weighted by atomic mass is 10.1. The van der Waals surface area contributed by atoms with Crippen LogP contribution in [0, 0.1) is 0 Å². The van der Waals surface area contributed by atoms with E-state index >= 15 is 0 Å². The first kappa shape index (κ1) is 20.3. The molecule has 0 saturated heterocycles. The molecule has 0 radical (unpaired) electrons. The number of ether oxygens (including phenoxy) is 1. The summed E-state index contributed by atoms with van der Waals surface area (Å²) in [6.07, 6.45) is 1.51. The van der Waals surface area contributed by atoms with Crippen LogP contribution < -0.4 is 10.2 Å². The van der Waals surface area contributed by atoms with E-state index < -0.39 is 5.97 Å². The van der Waals surface area contributed by atoms with Crippen molar-refractivity contribution in [1.29, 1.82) is 0 Å². The molecule has 0 heterocycles. The van der Waals surface area contributed by atoms with Crippen LogP contribution in [0.4, 0.5) is 0 Å². The van der Waals surface area contributed by atoms with Crippen molar-refractivity contribution in [1.82, 2.24) is 5.43 Å². The predicted octanol–water partition coefficient (Wildman–Crippen LogP) is 4.49. The zero-order chi connectivity index (χ0) is 20.6. The molecule has 7 heteroatoms. The first-order valence-electron chi connectivity index (χ1n) is 8.66. The highest BCUT2D eigenvalue weighted by molar-refractivity contribution is 9.10. The van der Waals surface area contributed by atoms with Crippen LogP contribution in [0.5, 0.6) is 5.75 Å². The molecule has 0 atom stereocenters. The third-order valence-corrected chi connectivity index (χ3v) is 4.69. The van der Waals surface area contributed by atoms with Crippen LogP contribution in [0.2, 0.25) is 0 Å². The maximum Gasteiger partial charge on any atom is 0.335 e. The molecule has 0 aromatic heterocycles. The van der Waals surface area contributed by atoms with Crippen LogP contribution in [0.15, 0.2) is 82.4 Å². The summed E-state index contributed by atoms with van der Waals surface area (Å²) in [6.45, 7) is 0.272. The number of halogens is 1. The number of hydrogen-bond acceptors (Lipinski definition) is 4. The molecule has 0 unspecified atom stereocenters. The molecule has 0 aliphatic rings. The van der Waals surface area contributed by atoms with Crippen molar-refractivity contribution < 1.29 is 19.4 Å². The topological polar surface area (TPSA) is 88.0 Å². The molecule has 0 bridgehead atoms. The molecule has 1 amide bonds. The van der Waals surface area contributed by atoms with E-state index in [0.29, 0.717) is 21.3 Å². The Kier molecular flexibility index (Phi) is 6.76. The van der Waals surface area contributed by atoms with Gasteiger partial charge >= 0.3 is 5.97 Å². The van der Waals surface area contributed by atoms with Crippen LogP contribution in [0.25, 0.3) is 0 Å². The summed E-state index contributed by atoms with van der Waals surface area (Å²) in [5, 5.41) is 13.0. The highest BCUT2D eigenvalue weighted by Crippen LogP contribution is 2.18. The van der Waals surface area contributed by atoms with E-state index in [0.717, 1.165) is 5.56 Å². The van der Waals surface area contributed by atoms with Crippen molar-refractivity contribution in [2.45, 2.75) is 6.61 Å². The number of hydrogen-bond donors (Lipinski definition) is 2. The lowest BCUT2D eigenvalue weighted by Crippen LogP contribution is -2.18. The average Bonchev–Trinajstić information content (AvgIpc) is 2.73. The number of carboxylic acids is 1. The van der Waals surface area contributed by atoms with E-state index in [-0.39, 0.29) is 18.1 Å². The third-order valence-electron chi connectivity index (χ3n) is 4.00. The number of carbonyl (C=O) groups is 2. The molecule has 0 fully saturated rings. The highest BCUT2D eigenvalue weighted by atomic mass is 79.9. The van der Waals surface area contributed by atoms with Crippen molar-refractivity contribution in [3.05, 3.63) is 99.5 Å². The Bertz CT molecular complexity index is 1050. The molecular weight excluding hydrogens is 436 g/mol. The Morgan fingerprint density at radius 1 is 1.00 bits per heavy atom. The number of nitrogens with zero attached hydrogens (tertiary/aromatic N) is 1. The van der Waals surface area contributed by atoms with Gasteiger partial charge in [-0.15, -0.1) is 0 Å². The lowest BCUT2D eigenvalue weighted by Gasteiger charge is -2.09. The van der Waals surface area contributed by atoms with Gasteiger partial charge in [-0.2, -0.15) is 5.10 Å². The van der Waals surface area contributed by atoms with Crippen molar-refractivity contribution in [3.63, 3.8) is 0 Å². The summed E-state index contributed by atoms with van der Waals surface area (Å²) in [4.78, 5) is 23.1. The van der Waals surface area contributed by atoms with Gasteiger partial charge in [0.15, 0.2) is 0 Å². The molecule has 0 aliphatic heterocycles. The van der Waals surface area contributed by atoms with Gasteiger partial charge in [0.1, 0.15) is 12.4 Å². The highest BCUT2D eigenvalue weighted by Gasteiger charge is 2.08. The van der Waals surface area contributed by atoms with Crippen LogP contribution in [-0.4, -0.2) is 23.2 Å². The minimum Gasteiger partial charge on any atom is -0.488 e. The normalized spacial score (nSPS) is 10.7. The largest absolute Gasteiger partial charge is 0.488 e. The third kappa shape index (κ3) is 5.52. The van der Waals surface area contributed by atoms with E-state index in [1.165, 1.54) is 18.3 Å². The van der Waals surface area contributed by atoms with E-state index in [4.69, 9.17) is 9.84 Å². The molecule has 3 rings (SSSR count). The minimum absolute atomic E-state index is 0.224. The van der Waals surface area contributed by atoms with Crippen molar-refractivity contribution in [2.75, 3.05) is 0 Å². The number of carboxylic acid groups (broad SMARTS) is 1. The van der Waals surface area contributed by atoms with Crippen molar-refractivity contribution in [2.24, 2.45) is 5.10 Å². The quantitative estimate of drug-likeness (QED) is 0.408. The van der Waals surface area contributed by atoms with Gasteiger partial charge in [0, 0.05) is 10.0 Å². The summed E-state index contributed by atoms with van der Waals surface area (Å²) >= 11 is 3.34. The maximum absolute atomic E-state index is 12.2. The molecule has 6 nitrogen and oxygen atoms in total. The zero-order valence-electron chi connectivity index (χ0n) is 15.2. The fourth-order valence-electron chi connectivity index (χ4n) is 2.49. The maximum atomic E-state index is 12.2. The molecule has 3 aromatic carbocycles. The van der Waals surface area contributed by atoms with Gasteiger partial charge in [0.2, 0.25) is 0 Å². The van der Waals surface area contributed by atoms with E-state index in [9.17, 15) is 9.59 Å². The number of rotatable bonds is 7. The van der Waals surface area contributed by atoms with Crippen molar-refractivity contribution in [3.8, 4) is 5.75 Å². The fraction of sp³-hybridized carbons (Fsp3) is 0.0455. The van der Waals surface area contributed by atoms with Crippen molar-refractivity contribution >= 4 is 34.0 Å². The van der Waals surface area contributed by atoms with E-state index in [1.807, 2.05) is 24.3 Å². The Morgan fingerprint density at radius 3 is 2.41 bits per heavy atom. The lowest BCUT2D eigenvalue weighted by molar-refractivity contribution is 0.0696. The second-order valence-electron chi connectivity index (χ2n) is 6.01. The Hall–Kier alpha value is -3.45. The number of amides is 1. The van der Waals surface area contributed by atoms with Crippen LogP contribution >= 0.6 is 15.9 Å². The standard InChI is InChI=1S/C22H17BrN2O4/c23-19-7-3-2-6-18(19)21(26)25-24-13-17-5-1-4-8-20(17)29-14-15-9-11-16(12-10-15)22(27)28/h1-13H,14H2,(H,25,26)(H,27,28). The smallest absolute Gasteiger partial charge is 0.335 e. The average molecular weight is 453 g/mol. The molecular formula is C22H17BrN2O4. The number of carbonyl (C=O) groups excluding carboxylic acids is 1. The second-order valence-corrected chi connectivity index (χ2v) is 6.86. The Labute approximate surface area is 176 Å². The number of benzene rings is 3. The number of hydrazone groups is 1. The molecule has 0 aliphatic carbocycles. The predicted molar refractivity (Wildman–Crippen MR) is 113 cm³/mol. The SMILES string of the molecule is O=C(O)c1ccc(COc2ccccc2C=NNC(=O)c2ccccc2Br)cc1. The first-order chi connectivity index (χ1) is 14.0. The first-order valence-corrected chi connectivity index (χ1v) is 9.46. The van der Waals surface area contributed by atoms with Gasteiger partial charge in [-0.25, -0.2) is 10.2 Å². The molecule has 3 aromatic rings. The summed E-state index contributed by atoms with van der Waals surface area (Å²) in [7, 11) is 0. The summed E-state index contributed by atoms with van der Waals surface area (Å²) < 4.78 is 6.51. The van der Waals surface area contributed by atoms with Gasteiger partial charge in [-0.05, 0) is 57.9 Å². The molecule has 0 saturated carbocycles. The van der Waals surface area contributed by atoms with E-state index in [1.54, 1.807) is 36.4 Å². The molecule has 29 heavy (non-hydrogen) atoms. The molecule has 0 spiro atoms. The Balaban J connectivity index is 1.64. The van der Waals surface area contributed by atoms with Gasteiger partial charge < -0.3 is 9.84 Å². The number of para-hydroxylation sites is 1. The summed E-state index contributed by atoms with van der Waals surface area (Å²) in [6, 6.07) is 20.8. The van der Waals surface area contributed by atoms with Crippen LogP contribution in [0.3, 0.4) is 0 Å². The van der Waals surface area contributed by atoms with E-state index in [2.05, 4.69) is 26.5 Å². The number of nitrogens with one attached hydrogen (secondary N) is 1. The van der Waals surface area contributed by atoms with Gasteiger partial charge in [-0.3, -0.25) is 4.79 Å². The summed E-state index contributed by atoms with van der Waals surface area (Å²) in [5.74, 6) is -0.706. The second kappa shape index (κ2) is 9.66.